The lowest BCUT2D eigenvalue weighted by molar-refractivity contribution is -0.136. The fraction of sp³-hybridized carbons (Fsp3) is 0.440. The molecule has 3 aromatic heterocycles. The Bertz CT molecular complexity index is 2150. The lowest BCUT2D eigenvalue weighted by Crippen LogP contribution is -2.35. The van der Waals surface area contributed by atoms with Gasteiger partial charge in [0, 0.05) is 17.5 Å². The maximum atomic E-state index is 13.3. The number of benzene rings is 1. The fourth-order valence-electron chi connectivity index (χ4n) is 5.19. The van der Waals surface area contributed by atoms with E-state index >= 15 is 0 Å². The van der Waals surface area contributed by atoms with Crippen LogP contribution in [0.1, 0.15) is 11.8 Å². The zero-order chi connectivity index (χ0) is 37.0. The van der Waals surface area contributed by atoms with Crippen molar-refractivity contribution < 1.29 is 84.5 Å². The summed E-state index contributed by atoms with van der Waals surface area (Å²) in [6, 6.07) is 3.10. The van der Waals surface area contributed by atoms with E-state index in [1.54, 1.807) is 0 Å². The summed E-state index contributed by atoms with van der Waals surface area (Å²) in [5.41, 5.74) is -3.85. The third kappa shape index (κ3) is 7.78. The third-order valence-corrected chi connectivity index (χ3v) is 10.2. The summed E-state index contributed by atoms with van der Waals surface area (Å²) in [5, 5.41) is 41.1. The van der Waals surface area contributed by atoms with Crippen LogP contribution >= 0.6 is 15.6 Å². The van der Waals surface area contributed by atoms with Crippen LogP contribution in [-0.4, -0.2) is 106 Å². The van der Waals surface area contributed by atoms with Gasteiger partial charge in [0.25, 0.3) is 5.56 Å². The molecule has 6 rings (SSSR count). The highest BCUT2D eigenvalue weighted by atomic mass is 31.3. The van der Waals surface area contributed by atoms with Crippen molar-refractivity contribution in [3.63, 3.8) is 0 Å². The molecule has 8 unspecified atom stereocenters. The number of hydrogen-bond acceptors (Lipinski definition) is 17. The molecule has 21 nitrogen and oxygen atoms in total. The van der Waals surface area contributed by atoms with Crippen molar-refractivity contribution >= 4 is 37.8 Å². The lowest BCUT2D eigenvalue weighted by Gasteiger charge is -2.20. The molecule has 0 bridgehead atoms. The number of aliphatic hydroxyl groups is 4. The number of aliphatic hydroxyl groups excluding tert-OH is 4. The Morgan fingerprint density at radius 3 is 2.22 bits per heavy atom. The number of halogens is 3. The quantitative estimate of drug-likeness (QED) is 0.0756. The molecule has 2 aliphatic rings. The maximum absolute atomic E-state index is 13.3. The maximum Gasteiger partial charge on any atom is 0.481 e. The van der Waals surface area contributed by atoms with Crippen molar-refractivity contribution in [1.82, 2.24) is 19.5 Å². The molecule has 1 aromatic carbocycles. The Hall–Kier alpha value is -3.61. The largest absolute Gasteiger partial charge is 0.481 e. The normalized spacial score (nSPS) is 29.4. The van der Waals surface area contributed by atoms with Gasteiger partial charge in [-0.15, -0.1) is 0 Å². The van der Waals surface area contributed by atoms with Gasteiger partial charge in [-0.05, 0) is 12.1 Å². The molecule has 0 saturated carbocycles. The van der Waals surface area contributed by atoms with Crippen molar-refractivity contribution in [3.8, 4) is 5.75 Å². The van der Waals surface area contributed by atoms with E-state index in [1.807, 2.05) is 0 Å². The van der Waals surface area contributed by atoms with Crippen LogP contribution in [0.3, 0.4) is 0 Å². The number of phosphoric acid groups is 2. The van der Waals surface area contributed by atoms with E-state index in [9.17, 15) is 62.1 Å². The van der Waals surface area contributed by atoms with E-state index in [-0.39, 0.29) is 23.0 Å². The second-order valence-electron chi connectivity index (χ2n) is 11.0. The average molecular weight is 772 g/mol. The first-order valence-corrected chi connectivity index (χ1v) is 17.2. The topological polar surface area (TPSA) is 305 Å². The molecular weight excluding hydrogens is 747 g/mol. The highest BCUT2D eigenvalue weighted by molar-refractivity contribution is 7.61. The molecule has 7 N–H and O–H groups in total. The first-order valence-electron chi connectivity index (χ1n) is 14.2. The van der Waals surface area contributed by atoms with Gasteiger partial charge >= 0.3 is 27.4 Å². The van der Waals surface area contributed by atoms with Crippen LogP contribution in [0, 0.1) is 0 Å². The Morgan fingerprint density at radius 2 is 1.55 bits per heavy atom. The zero-order valence-electron chi connectivity index (χ0n) is 25.0. The monoisotopic (exact) mass is 772 g/mol. The molecule has 10 atom stereocenters. The van der Waals surface area contributed by atoms with Gasteiger partial charge < -0.3 is 53.8 Å². The second kappa shape index (κ2) is 13.7. The molecule has 278 valence electrons. The van der Waals surface area contributed by atoms with E-state index in [4.69, 9.17) is 18.6 Å². The molecule has 5 heterocycles. The Labute approximate surface area is 279 Å². The lowest BCUT2D eigenvalue weighted by atomic mass is 10.1. The van der Waals surface area contributed by atoms with Gasteiger partial charge in [0.1, 0.15) is 48.0 Å². The number of rotatable bonds is 11. The molecule has 0 amide bonds. The SMILES string of the molecule is O=c1cc(C(F)(F)F)c2ccc(OC3OC(COP(=O)(O)OP(=O)(O)OCC4OC(n5cnc6c(=O)[nH]cnc65)[C@H](O)[C@@H]4O)C(O)C3O)cc2o1. The third-order valence-electron chi connectivity index (χ3n) is 7.58. The van der Waals surface area contributed by atoms with Crippen LogP contribution in [0.25, 0.3) is 22.1 Å². The van der Waals surface area contributed by atoms with Gasteiger partial charge in [-0.25, -0.2) is 23.9 Å². The van der Waals surface area contributed by atoms with E-state index in [2.05, 4.69) is 28.3 Å². The van der Waals surface area contributed by atoms with Crippen LogP contribution in [-0.2, 0) is 38.1 Å². The highest BCUT2D eigenvalue weighted by Gasteiger charge is 2.48. The van der Waals surface area contributed by atoms with Gasteiger partial charge in [-0.2, -0.15) is 17.5 Å². The van der Waals surface area contributed by atoms with Crippen LogP contribution < -0.4 is 15.9 Å². The molecule has 0 radical (unpaired) electrons. The minimum atomic E-state index is -5.51. The summed E-state index contributed by atoms with van der Waals surface area (Å²) < 4.78 is 100. The number of hydrogen-bond donors (Lipinski definition) is 7. The van der Waals surface area contributed by atoms with Gasteiger partial charge in [-0.1, -0.05) is 0 Å². The number of alkyl halides is 3. The minimum Gasteiger partial charge on any atom is -0.462 e. The van der Waals surface area contributed by atoms with Gasteiger partial charge in [0.2, 0.25) is 6.29 Å². The number of imidazole rings is 1. The number of aromatic amines is 1. The van der Waals surface area contributed by atoms with Crippen molar-refractivity contribution in [1.29, 1.82) is 0 Å². The number of phosphoric ester groups is 2. The number of nitrogens with zero attached hydrogens (tertiary/aromatic N) is 3. The molecule has 2 fully saturated rings. The van der Waals surface area contributed by atoms with E-state index in [1.165, 1.54) is 0 Å². The predicted octanol–water partition coefficient (Wildman–Crippen LogP) is -0.360. The molecule has 0 spiro atoms. The van der Waals surface area contributed by atoms with E-state index in [0.717, 1.165) is 35.4 Å². The molecule has 0 aliphatic carbocycles. The summed E-state index contributed by atoms with van der Waals surface area (Å²) in [7, 11) is -11.0. The standard InChI is InChI=1S/C25H25F3N4O17P2/c26-25(27,28)11-4-15(33)46-12-3-9(1-2-10(11)12)45-24-20(37)18(35)14(48-24)6-44-51(41,42)49-50(39,40)43-5-13-17(34)19(36)23(47-13)32-8-31-16-21(32)29-7-30-22(16)38/h1-4,7-8,13-14,17-20,23-24,34-37H,5-6H2,(H,39,40)(H,41,42)(H,29,30,38)/t13?,14?,17-,18?,19-,20?,23?,24?/m1/s1. The second-order valence-corrected chi connectivity index (χ2v) is 14.0. The van der Waals surface area contributed by atoms with Crippen LogP contribution in [0.15, 0.2) is 50.9 Å². The summed E-state index contributed by atoms with van der Waals surface area (Å²) >= 11 is 0. The zero-order valence-corrected chi connectivity index (χ0v) is 26.8. The number of H-pyrrole nitrogens is 1. The first-order chi connectivity index (χ1) is 23.8. The molecule has 51 heavy (non-hydrogen) atoms. The smallest absolute Gasteiger partial charge is 0.462 e. The van der Waals surface area contributed by atoms with Crippen LogP contribution in [0.2, 0.25) is 0 Å². The number of nitrogens with one attached hydrogen (secondary N) is 1. The van der Waals surface area contributed by atoms with Crippen LogP contribution in [0.4, 0.5) is 13.2 Å². The molecule has 2 aliphatic heterocycles. The Kier molecular flexibility index (Phi) is 10.0. The summed E-state index contributed by atoms with van der Waals surface area (Å²) in [6.45, 7) is -2.06. The highest BCUT2D eigenvalue weighted by Crippen LogP contribution is 2.60. The van der Waals surface area contributed by atoms with E-state index in [0.29, 0.717) is 0 Å². The van der Waals surface area contributed by atoms with Gasteiger partial charge in [0.05, 0.1) is 31.4 Å². The summed E-state index contributed by atoms with van der Waals surface area (Å²) in [4.78, 5) is 53.7. The average Bonchev–Trinajstić information content (AvgIpc) is 3.68. The van der Waals surface area contributed by atoms with E-state index < -0.39 is 112 Å². The van der Waals surface area contributed by atoms with Crippen LogP contribution in [0.5, 0.6) is 5.75 Å². The van der Waals surface area contributed by atoms with Gasteiger partial charge in [-0.3, -0.25) is 18.4 Å². The Balaban J connectivity index is 1.03. The predicted molar refractivity (Wildman–Crippen MR) is 156 cm³/mol. The molecule has 4 aromatic rings. The minimum absolute atomic E-state index is 0.0284. The molecular formula is C25H25F3N4O17P2. The van der Waals surface area contributed by atoms with Crippen molar-refractivity contribution in [3.05, 3.63) is 63.3 Å². The molecule has 26 heteroatoms. The fourth-order valence-corrected chi connectivity index (χ4v) is 7.28. The van der Waals surface area contributed by atoms with Crippen molar-refractivity contribution in [2.45, 2.75) is 55.3 Å². The summed E-state index contributed by atoms with van der Waals surface area (Å²) in [5.74, 6) is -0.280. The summed E-state index contributed by atoms with van der Waals surface area (Å²) in [6.07, 6.45) is -16.2. The van der Waals surface area contributed by atoms with Crippen molar-refractivity contribution in [2.75, 3.05) is 13.2 Å². The van der Waals surface area contributed by atoms with Crippen molar-refractivity contribution in [2.24, 2.45) is 0 Å². The number of ether oxygens (including phenoxy) is 3. The first kappa shape index (κ1) is 37.2. The molecule has 2 saturated heterocycles. The Morgan fingerprint density at radius 1 is 0.902 bits per heavy atom. The number of aromatic nitrogens is 4. The number of fused-ring (bicyclic) bond motifs is 2. The van der Waals surface area contributed by atoms with Gasteiger partial charge in [0.15, 0.2) is 17.4 Å².